The Morgan fingerprint density at radius 3 is 2.67 bits per heavy atom. The van der Waals surface area contributed by atoms with Crippen molar-refractivity contribution < 1.29 is 13.2 Å². The largest absolute Gasteiger partial charge is 0.325 e. The average molecular weight is 441 g/mol. The molecule has 154 valence electrons. The normalized spacial score (nSPS) is 14.0. The molecule has 0 saturated carbocycles. The summed E-state index contributed by atoms with van der Waals surface area (Å²) < 4.78 is 26.8. The number of carbonyl (C=O) groups excluding carboxylic acids is 1. The number of nitrogens with zero attached hydrogens (tertiary/aromatic N) is 3. The maximum atomic E-state index is 12.8. The zero-order chi connectivity index (χ0) is 21.5. The van der Waals surface area contributed by atoms with Crippen LogP contribution in [0.1, 0.15) is 11.1 Å². The molecule has 1 aliphatic heterocycles. The van der Waals surface area contributed by atoms with Crippen molar-refractivity contribution in [2.75, 3.05) is 22.4 Å². The van der Waals surface area contributed by atoms with Gasteiger partial charge in [-0.2, -0.15) is 0 Å². The SMILES string of the molecule is Cc1ccc(NC(=O)CSc2ncc3c(n2)-c2ccccc2N(C)S3(=O)=O)cc1C. The molecular formula is C21H20N4O3S2. The fraction of sp³-hybridized carbons (Fsp3) is 0.190. The minimum absolute atomic E-state index is 0.0626. The van der Waals surface area contributed by atoms with Crippen LogP contribution in [0.15, 0.2) is 58.7 Å². The number of carbonyl (C=O) groups is 1. The number of amides is 1. The number of benzene rings is 2. The van der Waals surface area contributed by atoms with E-state index in [1.54, 1.807) is 12.1 Å². The zero-order valence-electron chi connectivity index (χ0n) is 16.7. The molecule has 0 unspecified atom stereocenters. The lowest BCUT2D eigenvalue weighted by molar-refractivity contribution is -0.113. The van der Waals surface area contributed by atoms with E-state index in [0.717, 1.165) is 28.6 Å². The molecule has 4 rings (SSSR count). The molecule has 3 aromatic rings. The van der Waals surface area contributed by atoms with Gasteiger partial charge in [-0.25, -0.2) is 18.4 Å². The van der Waals surface area contributed by atoms with E-state index in [9.17, 15) is 13.2 Å². The van der Waals surface area contributed by atoms with E-state index in [4.69, 9.17) is 0 Å². The molecule has 0 aliphatic carbocycles. The number of sulfonamides is 1. The highest BCUT2D eigenvalue weighted by Crippen LogP contribution is 2.41. The van der Waals surface area contributed by atoms with Crippen molar-refractivity contribution in [3.8, 4) is 11.3 Å². The second kappa shape index (κ2) is 7.73. The summed E-state index contributed by atoms with van der Waals surface area (Å²) in [4.78, 5) is 21.0. The zero-order valence-corrected chi connectivity index (χ0v) is 18.3. The van der Waals surface area contributed by atoms with Crippen LogP contribution in [0.5, 0.6) is 0 Å². The minimum Gasteiger partial charge on any atom is -0.325 e. The number of hydrogen-bond acceptors (Lipinski definition) is 6. The Labute approximate surface area is 179 Å². The van der Waals surface area contributed by atoms with Crippen molar-refractivity contribution in [3.05, 3.63) is 59.8 Å². The average Bonchev–Trinajstić information content (AvgIpc) is 2.73. The predicted molar refractivity (Wildman–Crippen MR) is 118 cm³/mol. The lowest BCUT2D eigenvalue weighted by Crippen LogP contribution is -2.31. The van der Waals surface area contributed by atoms with E-state index in [-0.39, 0.29) is 16.6 Å². The molecule has 0 radical (unpaired) electrons. The molecule has 1 aliphatic rings. The molecule has 2 heterocycles. The fourth-order valence-corrected chi connectivity index (χ4v) is 5.09. The van der Waals surface area contributed by atoms with Crippen molar-refractivity contribution in [1.29, 1.82) is 0 Å². The van der Waals surface area contributed by atoms with Crippen LogP contribution in [0.25, 0.3) is 11.3 Å². The molecule has 0 saturated heterocycles. The standard InChI is InChI=1S/C21H20N4O3S2/c1-13-8-9-15(10-14(13)2)23-19(26)12-29-21-22-11-18-20(24-21)16-6-4-5-7-17(16)25(3)30(18,27)28/h4-11H,12H2,1-3H3,(H,23,26). The van der Waals surface area contributed by atoms with Gasteiger partial charge in [0.05, 0.1) is 23.3 Å². The summed E-state index contributed by atoms with van der Waals surface area (Å²) in [5.41, 5.74) is 4.63. The van der Waals surface area contributed by atoms with Gasteiger partial charge in [0.2, 0.25) is 5.91 Å². The number of para-hydroxylation sites is 1. The van der Waals surface area contributed by atoms with Crippen LogP contribution in [0.4, 0.5) is 11.4 Å². The van der Waals surface area contributed by atoms with Crippen molar-refractivity contribution in [2.45, 2.75) is 23.9 Å². The van der Waals surface area contributed by atoms with Gasteiger partial charge >= 0.3 is 0 Å². The summed E-state index contributed by atoms with van der Waals surface area (Å²) in [7, 11) is -2.20. The van der Waals surface area contributed by atoms with Gasteiger partial charge < -0.3 is 5.32 Å². The molecular weight excluding hydrogens is 420 g/mol. The Hall–Kier alpha value is -2.91. The highest BCUT2D eigenvalue weighted by Gasteiger charge is 2.34. The molecule has 0 spiro atoms. The van der Waals surface area contributed by atoms with Gasteiger partial charge in [-0.15, -0.1) is 0 Å². The summed E-state index contributed by atoms with van der Waals surface area (Å²) in [6.07, 6.45) is 1.31. The minimum atomic E-state index is -3.71. The number of aryl methyl sites for hydroxylation is 2. The van der Waals surface area contributed by atoms with Gasteiger partial charge in [0.1, 0.15) is 4.90 Å². The van der Waals surface area contributed by atoms with Crippen LogP contribution in [-0.2, 0) is 14.8 Å². The van der Waals surface area contributed by atoms with Gasteiger partial charge in [-0.05, 0) is 43.2 Å². The van der Waals surface area contributed by atoms with Gasteiger partial charge in [-0.1, -0.05) is 36.0 Å². The maximum Gasteiger partial charge on any atom is 0.267 e. The second-order valence-electron chi connectivity index (χ2n) is 6.99. The van der Waals surface area contributed by atoms with E-state index in [1.165, 1.54) is 17.5 Å². The second-order valence-corrected chi connectivity index (χ2v) is 9.87. The summed E-state index contributed by atoms with van der Waals surface area (Å²) >= 11 is 1.16. The Balaban J connectivity index is 1.55. The third kappa shape index (κ3) is 3.66. The third-order valence-electron chi connectivity index (χ3n) is 4.99. The predicted octanol–water partition coefficient (Wildman–Crippen LogP) is 3.63. The lowest BCUT2D eigenvalue weighted by Gasteiger charge is -2.28. The number of nitrogens with one attached hydrogen (secondary N) is 1. The first kappa shape index (κ1) is 20.4. The lowest BCUT2D eigenvalue weighted by atomic mass is 10.1. The smallest absolute Gasteiger partial charge is 0.267 e. The number of aromatic nitrogens is 2. The topological polar surface area (TPSA) is 92.3 Å². The quantitative estimate of drug-likeness (QED) is 0.492. The summed E-state index contributed by atoms with van der Waals surface area (Å²) in [6, 6.07) is 12.9. The first-order chi connectivity index (χ1) is 14.3. The Morgan fingerprint density at radius 1 is 1.13 bits per heavy atom. The van der Waals surface area contributed by atoms with Crippen LogP contribution in [0, 0.1) is 13.8 Å². The molecule has 1 aromatic heterocycles. The van der Waals surface area contributed by atoms with Gasteiger partial charge in [0, 0.05) is 18.3 Å². The number of thioether (sulfide) groups is 1. The van der Waals surface area contributed by atoms with Crippen LogP contribution >= 0.6 is 11.8 Å². The van der Waals surface area contributed by atoms with E-state index in [2.05, 4.69) is 15.3 Å². The Morgan fingerprint density at radius 2 is 1.90 bits per heavy atom. The number of hydrogen-bond donors (Lipinski definition) is 1. The maximum absolute atomic E-state index is 12.8. The van der Waals surface area contributed by atoms with Gasteiger partial charge in [0.15, 0.2) is 5.16 Å². The van der Waals surface area contributed by atoms with Crippen molar-refractivity contribution in [2.24, 2.45) is 0 Å². The molecule has 7 nitrogen and oxygen atoms in total. The summed E-state index contributed by atoms with van der Waals surface area (Å²) in [5.74, 6) is -0.0719. The molecule has 9 heteroatoms. The van der Waals surface area contributed by atoms with Crippen LogP contribution < -0.4 is 9.62 Å². The van der Waals surface area contributed by atoms with E-state index >= 15 is 0 Å². The Kier molecular flexibility index (Phi) is 5.25. The number of fused-ring (bicyclic) bond motifs is 3. The highest BCUT2D eigenvalue weighted by molar-refractivity contribution is 7.99. The monoisotopic (exact) mass is 440 g/mol. The molecule has 1 amide bonds. The molecule has 30 heavy (non-hydrogen) atoms. The van der Waals surface area contributed by atoms with Crippen LogP contribution in [0.3, 0.4) is 0 Å². The number of rotatable bonds is 4. The van der Waals surface area contributed by atoms with Crippen LogP contribution in [-0.4, -0.2) is 37.1 Å². The van der Waals surface area contributed by atoms with Crippen molar-refractivity contribution in [1.82, 2.24) is 9.97 Å². The number of anilines is 2. The first-order valence-corrected chi connectivity index (χ1v) is 11.7. The van der Waals surface area contributed by atoms with E-state index in [0.29, 0.717) is 22.1 Å². The van der Waals surface area contributed by atoms with E-state index in [1.807, 2.05) is 44.2 Å². The molecule has 0 atom stereocenters. The van der Waals surface area contributed by atoms with Gasteiger partial charge in [-0.3, -0.25) is 9.10 Å². The van der Waals surface area contributed by atoms with E-state index < -0.39 is 10.0 Å². The van der Waals surface area contributed by atoms with Crippen molar-refractivity contribution >= 4 is 39.1 Å². The Bertz CT molecular complexity index is 1260. The fourth-order valence-electron chi connectivity index (χ4n) is 3.18. The molecule has 2 aromatic carbocycles. The molecule has 1 N–H and O–H groups in total. The summed E-state index contributed by atoms with van der Waals surface area (Å²) in [5, 5.41) is 3.21. The third-order valence-corrected chi connectivity index (χ3v) is 7.63. The van der Waals surface area contributed by atoms with Crippen molar-refractivity contribution in [3.63, 3.8) is 0 Å². The highest BCUT2D eigenvalue weighted by atomic mass is 32.2. The first-order valence-electron chi connectivity index (χ1n) is 9.22. The van der Waals surface area contributed by atoms with Crippen LogP contribution in [0.2, 0.25) is 0 Å². The van der Waals surface area contributed by atoms with Gasteiger partial charge in [0.25, 0.3) is 10.0 Å². The molecule has 0 fully saturated rings. The summed E-state index contributed by atoms with van der Waals surface area (Å²) in [6.45, 7) is 4.00. The molecule has 0 bridgehead atoms.